The quantitative estimate of drug-likeness (QED) is 0.663. The van der Waals surface area contributed by atoms with Crippen LogP contribution in [0.4, 0.5) is 10.5 Å². The number of carbonyl (C=O) groups excluding carboxylic acids is 2. The first kappa shape index (κ1) is 17.7. The molecule has 0 heterocycles. The number of benzene rings is 2. The second-order valence-corrected chi connectivity index (χ2v) is 3.85. The molecule has 2 aromatic rings. The summed E-state index contributed by atoms with van der Waals surface area (Å²) in [5.74, 6) is -1.64. The number of rotatable bonds is 3. The number of aromatic hydroxyl groups is 1. The van der Waals surface area contributed by atoms with Crippen LogP contribution in [0.2, 0.25) is 0 Å². The Kier molecular flexibility index (Phi) is 6.86. The van der Waals surface area contributed by atoms with Crippen LogP contribution in [0.5, 0.6) is 11.5 Å². The van der Waals surface area contributed by atoms with E-state index in [1.54, 1.807) is 30.3 Å². The number of ether oxygens (including phenoxy) is 1. The largest absolute Gasteiger partial charge is 1.00 e. The van der Waals surface area contributed by atoms with E-state index in [9.17, 15) is 19.8 Å². The predicted molar refractivity (Wildman–Crippen MR) is 68.5 cm³/mol. The SMILES string of the molecule is O=C(Nc1ccc(C(=O)[O-])c(O)c1)Oc1ccccc1.[K+]. The summed E-state index contributed by atoms with van der Waals surface area (Å²) in [6.45, 7) is 0. The summed E-state index contributed by atoms with van der Waals surface area (Å²) in [6, 6.07) is 12.0. The minimum atomic E-state index is -1.50. The van der Waals surface area contributed by atoms with E-state index in [-0.39, 0.29) is 62.6 Å². The molecule has 0 unspecified atom stereocenters. The second-order valence-electron chi connectivity index (χ2n) is 3.85. The summed E-state index contributed by atoms with van der Waals surface area (Å²) in [5, 5.41) is 22.4. The van der Waals surface area contributed by atoms with Gasteiger partial charge in [-0.3, -0.25) is 5.32 Å². The van der Waals surface area contributed by atoms with Crippen LogP contribution in [0, 0.1) is 0 Å². The van der Waals surface area contributed by atoms with Gasteiger partial charge in [0.15, 0.2) is 0 Å². The maximum atomic E-state index is 11.6. The van der Waals surface area contributed by atoms with Gasteiger partial charge in [0.25, 0.3) is 0 Å². The molecule has 0 saturated carbocycles. The van der Waals surface area contributed by atoms with Gasteiger partial charge in [-0.25, -0.2) is 4.79 Å². The fourth-order valence-corrected chi connectivity index (χ4v) is 1.52. The van der Waals surface area contributed by atoms with Gasteiger partial charge < -0.3 is 19.7 Å². The Morgan fingerprint density at radius 1 is 1.10 bits per heavy atom. The molecule has 0 fully saturated rings. The van der Waals surface area contributed by atoms with Crippen molar-refractivity contribution in [1.29, 1.82) is 0 Å². The average Bonchev–Trinajstić information content (AvgIpc) is 2.39. The first-order chi connectivity index (χ1) is 9.56. The fourth-order valence-electron chi connectivity index (χ4n) is 1.52. The Bertz CT molecular complexity index is 645. The number of nitrogens with one attached hydrogen (secondary N) is 1. The average molecular weight is 311 g/mol. The van der Waals surface area contributed by atoms with Gasteiger partial charge in [-0.2, -0.15) is 0 Å². The molecule has 0 aliphatic rings. The molecule has 2 N–H and O–H groups in total. The van der Waals surface area contributed by atoms with Crippen LogP contribution in [0.3, 0.4) is 0 Å². The van der Waals surface area contributed by atoms with Crippen molar-refractivity contribution in [2.45, 2.75) is 0 Å². The van der Waals surface area contributed by atoms with Crippen LogP contribution >= 0.6 is 0 Å². The van der Waals surface area contributed by atoms with E-state index in [0.29, 0.717) is 5.75 Å². The van der Waals surface area contributed by atoms with Crippen LogP contribution in [-0.4, -0.2) is 17.2 Å². The van der Waals surface area contributed by atoms with Crippen LogP contribution in [-0.2, 0) is 0 Å². The van der Waals surface area contributed by atoms with E-state index in [1.807, 2.05) is 0 Å². The summed E-state index contributed by atoms with van der Waals surface area (Å²) in [5.41, 5.74) is -0.152. The van der Waals surface area contributed by atoms with Crippen molar-refractivity contribution >= 4 is 17.7 Å². The number of carboxylic acid groups (broad SMARTS) is 1. The van der Waals surface area contributed by atoms with Crippen molar-refractivity contribution in [2.75, 3.05) is 5.32 Å². The normalized spacial score (nSPS) is 9.33. The van der Waals surface area contributed by atoms with Gasteiger partial charge in [-0.1, -0.05) is 18.2 Å². The third kappa shape index (κ3) is 5.14. The summed E-state index contributed by atoms with van der Waals surface area (Å²) in [4.78, 5) is 22.2. The summed E-state index contributed by atoms with van der Waals surface area (Å²) < 4.78 is 4.98. The predicted octanol–water partition coefficient (Wildman–Crippen LogP) is -1.63. The maximum Gasteiger partial charge on any atom is 1.00 e. The molecular formula is C14H10KNO5. The molecule has 0 aliphatic heterocycles. The Labute approximate surface area is 163 Å². The number of carbonyl (C=O) groups is 2. The molecule has 0 radical (unpaired) electrons. The molecule has 0 atom stereocenters. The molecular weight excluding hydrogens is 301 g/mol. The van der Waals surface area contributed by atoms with E-state index in [0.717, 1.165) is 12.1 Å². The van der Waals surface area contributed by atoms with Crippen molar-refractivity contribution in [3.05, 3.63) is 54.1 Å². The molecule has 6 nitrogen and oxygen atoms in total. The van der Waals surface area contributed by atoms with Crippen LogP contribution in [0.1, 0.15) is 10.4 Å². The minimum absolute atomic E-state index is 0. The van der Waals surface area contributed by atoms with Crippen LogP contribution in [0.25, 0.3) is 0 Å². The summed E-state index contributed by atoms with van der Waals surface area (Å²) in [7, 11) is 0. The first-order valence-electron chi connectivity index (χ1n) is 5.64. The first-order valence-corrected chi connectivity index (χ1v) is 5.64. The van der Waals surface area contributed by atoms with Gasteiger partial charge in [0.1, 0.15) is 11.5 Å². The van der Waals surface area contributed by atoms with Gasteiger partial charge in [0.05, 0.1) is 5.97 Å². The van der Waals surface area contributed by atoms with E-state index >= 15 is 0 Å². The second kappa shape index (κ2) is 8.16. The summed E-state index contributed by atoms with van der Waals surface area (Å²) in [6.07, 6.45) is -0.753. The Balaban J connectivity index is 0.00000220. The molecule has 0 saturated heterocycles. The molecule has 0 aliphatic carbocycles. The Hall–Kier alpha value is -1.38. The third-order valence-electron chi connectivity index (χ3n) is 2.42. The number of phenols is 1. The Morgan fingerprint density at radius 2 is 1.76 bits per heavy atom. The molecule has 0 aromatic heterocycles. The summed E-state index contributed by atoms with van der Waals surface area (Å²) >= 11 is 0. The maximum absolute atomic E-state index is 11.6. The van der Waals surface area contributed by atoms with E-state index < -0.39 is 17.8 Å². The topological polar surface area (TPSA) is 98.7 Å². The van der Waals surface area contributed by atoms with Gasteiger partial charge >= 0.3 is 57.5 Å². The van der Waals surface area contributed by atoms with E-state index in [2.05, 4.69) is 5.32 Å². The molecule has 102 valence electrons. The molecule has 7 heteroatoms. The van der Waals surface area contributed by atoms with Crippen molar-refractivity contribution in [3.8, 4) is 11.5 Å². The zero-order valence-electron chi connectivity index (χ0n) is 11.2. The molecule has 21 heavy (non-hydrogen) atoms. The van der Waals surface area contributed by atoms with E-state index in [1.165, 1.54) is 6.07 Å². The fraction of sp³-hybridized carbons (Fsp3) is 0. The van der Waals surface area contributed by atoms with Gasteiger partial charge in [0, 0.05) is 17.3 Å². The molecule has 1 amide bonds. The Morgan fingerprint density at radius 3 is 2.33 bits per heavy atom. The zero-order chi connectivity index (χ0) is 14.5. The number of para-hydroxylation sites is 1. The smallest absolute Gasteiger partial charge is 0.545 e. The van der Waals surface area contributed by atoms with Crippen LogP contribution in [0.15, 0.2) is 48.5 Å². The van der Waals surface area contributed by atoms with E-state index in [4.69, 9.17) is 4.74 Å². The number of hydrogen-bond acceptors (Lipinski definition) is 5. The standard InChI is InChI=1S/C14H11NO5.K/c16-12-8-9(6-7-11(12)13(17)18)15-14(19)20-10-4-2-1-3-5-10;/h1-8,16H,(H,15,19)(H,17,18);/q;+1/p-1. The van der Waals surface area contributed by atoms with Crippen molar-refractivity contribution < 1.29 is 75.9 Å². The van der Waals surface area contributed by atoms with Gasteiger partial charge in [-0.15, -0.1) is 0 Å². The third-order valence-corrected chi connectivity index (χ3v) is 2.42. The number of aromatic carboxylic acids is 1. The molecule has 2 rings (SSSR count). The molecule has 2 aromatic carbocycles. The van der Waals surface area contributed by atoms with Crippen molar-refractivity contribution in [1.82, 2.24) is 0 Å². The van der Waals surface area contributed by atoms with Gasteiger partial charge in [-0.05, 0) is 24.3 Å². The van der Waals surface area contributed by atoms with Gasteiger partial charge in [0.2, 0.25) is 0 Å². The van der Waals surface area contributed by atoms with Crippen molar-refractivity contribution in [3.63, 3.8) is 0 Å². The number of hydrogen-bond donors (Lipinski definition) is 2. The number of amides is 1. The monoisotopic (exact) mass is 311 g/mol. The molecule has 0 bridgehead atoms. The molecule has 0 spiro atoms. The number of anilines is 1. The number of carboxylic acids is 1. The minimum Gasteiger partial charge on any atom is -0.545 e. The van der Waals surface area contributed by atoms with Crippen molar-refractivity contribution in [2.24, 2.45) is 0 Å². The van der Waals surface area contributed by atoms with Crippen LogP contribution < -0.4 is 66.5 Å². The zero-order valence-corrected chi connectivity index (χ0v) is 14.3.